The van der Waals surface area contributed by atoms with Crippen LogP contribution in [0.4, 0.5) is 5.69 Å². The number of hydrogen-bond acceptors (Lipinski definition) is 3. The highest BCUT2D eigenvalue weighted by Gasteiger charge is 2.11. The van der Waals surface area contributed by atoms with Crippen molar-refractivity contribution >= 4 is 22.5 Å². The summed E-state index contributed by atoms with van der Waals surface area (Å²) in [7, 11) is 0. The second-order valence-corrected chi connectivity index (χ2v) is 6.22. The molecule has 0 bridgehead atoms. The van der Waals surface area contributed by atoms with Gasteiger partial charge in [0.1, 0.15) is 0 Å². The van der Waals surface area contributed by atoms with Gasteiger partial charge in [0.25, 0.3) is 5.56 Å². The Bertz CT molecular complexity index is 1010. The number of H-pyrrole nitrogens is 1. The zero-order chi connectivity index (χ0) is 18.0. The molecule has 2 aromatic heterocycles. The normalized spacial score (nSPS) is 10.8. The lowest BCUT2D eigenvalue weighted by molar-refractivity contribution is -0.116. The number of rotatable bonds is 4. The Hall–Kier alpha value is -2.95. The van der Waals surface area contributed by atoms with Gasteiger partial charge in [0.05, 0.1) is 16.8 Å². The molecule has 5 heteroatoms. The van der Waals surface area contributed by atoms with Gasteiger partial charge in [-0.05, 0) is 61.7 Å². The molecule has 2 heterocycles. The molecule has 0 radical (unpaired) electrons. The van der Waals surface area contributed by atoms with Crippen LogP contribution in [-0.4, -0.2) is 15.9 Å². The number of amides is 1. The number of carbonyl (C=O) groups excluding carboxylic acids is 1. The van der Waals surface area contributed by atoms with E-state index in [0.717, 1.165) is 34.1 Å². The second kappa shape index (κ2) is 6.89. The van der Waals surface area contributed by atoms with Crippen LogP contribution in [0.1, 0.15) is 30.9 Å². The van der Waals surface area contributed by atoms with Crippen LogP contribution in [0.5, 0.6) is 0 Å². The average Bonchev–Trinajstić information content (AvgIpc) is 2.56. The highest BCUT2D eigenvalue weighted by Crippen LogP contribution is 2.28. The molecule has 1 aromatic carbocycles. The van der Waals surface area contributed by atoms with Crippen LogP contribution in [0.15, 0.2) is 41.3 Å². The van der Waals surface area contributed by atoms with Gasteiger partial charge in [-0.3, -0.25) is 9.59 Å². The summed E-state index contributed by atoms with van der Waals surface area (Å²) in [6.07, 6.45) is 2.92. The first-order chi connectivity index (χ1) is 12.0. The number of aromatic amines is 1. The highest BCUT2D eigenvalue weighted by atomic mass is 16.1. The van der Waals surface area contributed by atoms with Crippen LogP contribution in [-0.2, 0) is 4.79 Å². The van der Waals surface area contributed by atoms with Crippen LogP contribution in [0.25, 0.3) is 22.2 Å². The number of hydrogen-bond donors (Lipinski definition) is 2. The number of benzene rings is 1. The predicted molar refractivity (Wildman–Crippen MR) is 101 cm³/mol. The molecule has 1 amide bonds. The fraction of sp³-hybridized carbons (Fsp3) is 0.250. The van der Waals surface area contributed by atoms with E-state index in [1.54, 1.807) is 18.3 Å². The zero-order valence-corrected chi connectivity index (χ0v) is 14.6. The number of carbonyl (C=O) groups is 1. The van der Waals surface area contributed by atoms with Gasteiger partial charge >= 0.3 is 0 Å². The van der Waals surface area contributed by atoms with E-state index in [0.29, 0.717) is 17.7 Å². The van der Waals surface area contributed by atoms with Gasteiger partial charge in [0.15, 0.2) is 0 Å². The molecule has 128 valence electrons. The summed E-state index contributed by atoms with van der Waals surface area (Å²) in [5.41, 5.74) is 4.61. The van der Waals surface area contributed by atoms with Crippen molar-refractivity contribution < 1.29 is 4.79 Å². The van der Waals surface area contributed by atoms with Crippen LogP contribution in [0, 0.1) is 13.8 Å². The molecule has 0 atom stereocenters. The lowest BCUT2D eigenvalue weighted by Crippen LogP contribution is -2.12. The first kappa shape index (κ1) is 16.9. The van der Waals surface area contributed by atoms with E-state index in [1.807, 2.05) is 39.0 Å². The Labute approximate surface area is 146 Å². The Morgan fingerprint density at radius 3 is 2.72 bits per heavy atom. The van der Waals surface area contributed by atoms with E-state index in [4.69, 9.17) is 0 Å². The molecule has 0 aliphatic rings. The van der Waals surface area contributed by atoms with Crippen molar-refractivity contribution in [1.82, 2.24) is 9.97 Å². The maximum absolute atomic E-state index is 12.0. The zero-order valence-electron chi connectivity index (χ0n) is 14.6. The van der Waals surface area contributed by atoms with Gasteiger partial charge in [-0.25, -0.2) is 4.98 Å². The number of nitrogens with one attached hydrogen (secondary N) is 2. The fourth-order valence-electron chi connectivity index (χ4n) is 2.88. The minimum atomic E-state index is -0.158. The Balaban J connectivity index is 2.10. The van der Waals surface area contributed by atoms with Crippen LogP contribution >= 0.6 is 0 Å². The lowest BCUT2D eigenvalue weighted by Gasteiger charge is -2.12. The summed E-state index contributed by atoms with van der Waals surface area (Å²) >= 11 is 0. The molecule has 0 aliphatic heterocycles. The van der Waals surface area contributed by atoms with Gasteiger partial charge in [0.2, 0.25) is 5.91 Å². The second-order valence-electron chi connectivity index (χ2n) is 6.22. The van der Waals surface area contributed by atoms with Gasteiger partial charge in [-0.2, -0.15) is 0 Å². The summed E-state index contributed by atoms with van der Waals surface area (Å²) in [6.45, 7) is 5.91. The summed E-state index contributed by atoms with van der Waals surface area (Å²) < 4.78 is 0. The van der Waals surface area contributed by atoms with E-state index in [9.17, 15) is 9.59 Å². The van der Waals surface area contributed by atoms with E-state index in [-0.39, 0.29) is 11.5 Å². The molecule has 0 spiro atoms. The minimum absolute atomic E-state index is 0.0167. The molecule has 0 fully saturated rings. The molecule has 0 saturated heterocycles. The van der Waals surface area contributed by atoms with Gasteiger partial charge in [-0.15, -0.1) is 0 Å². The summed E-state index contributed by atoms with van der Waals surface area (Å²) in [4.78, 5) is 31.3. The Kier molecular flexibility index (Phi) is 4.65. The SMILES string of the molecule is CCCC(=O)Nc1cc2c(C)cc(-c3ccc[nH]c3=O)nc2cc1C. The first-order valence-corrected chi connectivity index (χ1v) is 8.39. The van der Waals surface area contributed by atoms with E-state index < -0.39 is 0 Å². The quantitative estimate of drug-likeness (QED) is 0.758. The number of aryl methyl sites for hydroxylation is 2. The van der Waals surface area contributed by atoms with Crippen molar-refractivity contribution in [2.45, 2.75) is 33.6 Å². The predicted octanol–water partition coefficient (Wildman–Crippen LogP) is 3.95. The number of pyridine rings is 2. The molecule has 2 N–H and O–H groups in total. The van der Waals surface area contributed by atoms with Crippen molar-refractivity contribution in [3.05, 3.63) is 58.0 Å². The smallest absolute Gasteiger partial charge is 0.257 e. The number of anilines is 1. The topological polar surface area (TPSA) is 74.8 Å². The molecule has 5 nitrogen and oxygen atoms in total. The third kappa shape index (κ3) is 3.45. The van der Waals surface area contributed by atoms with Gasteiger partial charge in [-0.1, -0.05) is 6.92 Å². The van der Waals surface area contributed by atoms with Crippen molar-refractivity contribution in [3.8, 4) is 11.3 Å². The summed E-state index contributed by atoms with van der Waals surface area (Å²) in [5.74, 6) is 0.0167. The highest BCUT2D eigenvalue weighted by molar-refractivity contribution is 5.96. The van der Waals surface area contributed by atoms with E-state index in [2.05, 4.69) is 15.3 Å². The van der Waals surface area contributed by atoms with E-state index >= 15 is 0 Å². The summed E-state index contributed by atoms with van der Waals surface area (Å²) in [6, 6.07) is 9.36. The maximum atomic E-state index is 12.0. The van der Waals surface area contributed by atoms with Crippen molar-refractivity contribution in [3.63, 3.8) is 0 Å². The summed E-state index contributed by atoms with van der Waals surface area (Å²) in [5, 5.41) is 3.93. The average molecular weight is 335 g/mol. The van der Waals surface area contributed by atoms with Crippen molar-refractivity contribution in [1.29, 1.82) is 0 Å². The number of aromatic nitrogens is 2. The molecule has 25 heavy (non-hydrogen) atoms. The van der Waals surface area contributed by atoms with Crippen molar-refractivity contribution in [2.24, 2.45) is 0 Å². The van der Waals surface area contributed by atoms with Crippen molar-refractivity contribution in [2.75, 3.05) is 5.32 Å². The minimum Gasteiger partial charge on any atom is -0.329 e. The van der Waals surface area contributed by atoms with Crippen LogP contribution < -0.4 is 10.9 Å². The molecule has 0 saturated carbocycles. The number of nitrogens with zero attached hydrogens (tertiary/aromatic N) is 1. The standard InChI is InChI=1S/C20H21N3O2/c1-4-6-19(24)23-16-11-15-12(2)9-17(22-18(15)10-13(16)3)14-7-5-8-21-20(14)25/h5,7-11H,4,6H2,1-3H3,(H,21,25)(H,23,24). The monoisotopic (exact) mass is 335 g/mol. The van der Waals surface area contributed by atoms with Crippen LogP contribution in [0.2, 0.25) is 0 Å². The fourth-order valence-corrected chi connectivity index (χ4v) is 2.88. The van der Waals surface area contributed by atoms with E-state index in [1.165, 1.54) is 0 Å². The molecular weight excluding hydrogens is 314 g/mol. The van der Waals surface area contributed by atoms with Gasteiger partial charge < -0.3 is 10.3 Å². The molecule has 0 aliphatic carbocycles. The van der Waals surface area contributed by atoms with Gasteiger partial charge in [0, 0.05) is 23.7 Å². The van der Waals surface area contributed by atoms with Crippen LogP contribution in [0.3, 0.4) is 0 Å². The molecular formula is C20H21N3O2. The maximum Gasteiger partial charge on any atom is 0.257 e. The third-order valence-electron chi connectivity index (χ3n) is 4.21. The number of fused-ring (bicyclic) bond motifs is 1. The lowest BCUT2D eigenvalue weighted by atomic mass is 10.0. The molecule has 3 rings (SSSR count). The largest absolute Gasteiger partial charge is 0.329 e. The molecule has 3 aromatic rings. The Morgan fingerprint density at radius 2 is 2.00 bits per heavy atom. The third-order valence-corrected chi connectivity index (χ3v) is 4.21. The Morgan fingerprint density at radius 1 is 1.20 bits per heavy atom. The first-order valence-electron chi connectivity index (χ1n) is 8.39. The molecule has 0 unspecified atom stereocenters.